The van der Waals surface area contributed by atoms with Crippen LogP contribution in [-0.4, -0.2) is 25.7 Å². The minimum Gasteiger partial charge on any atom is -0.463 e. The van der Waals surface area contributed by atoms with Gasteiger partial charge in [0.25, 0.3) is 5.91 Å². The van der Waals surface area contributed by atoms with E-state index in [9.17, 15) is 4.79 Å². The van der Waals surface area contributed by atoms with Crippen LogP contribution < -0.4 is 5.32 Å². The minimum atomic E-state index is -0.149. The van der Waals surface area contributed by atoms with Gasteiger partial charge in [0.2, 0.25) is 0 Å². The van der Waals surface area contributed by atoms with Gasteiger partial charge in [0, 0.05) is 11.9 Å². The Hall–Kier alpha value is -2.07. The summed E-state index contributed by atoms with van der Waals surface area (Å²) in [5.74, 6) is -0.149. The first kappa shape index (κ1) is 13.4. The molecule has 4 nitrogen and oxygen atoms in total. The van der Waals surface area contributed by atoms with Gasteiger partial charge in [-0.05, 0) is 13.0 Å². The number of furan rings is 1. The number of ether oxygens (including phenoxy) is 1. The van der Waals surface area contributed by atoms with E-state index in [1.54, 1.807) is 0 Å². The second kappa shape index (κ2) is 6.20. The number of fused-ring (bicyclic) bond motifs is 1. The van der Waals surface area contributed by atoms with Gasteiger partial charge in [0.05, 0.1) is 18.8 Å². The Morgan fingerprint density at radius 2 is 2.21 bits per heavy atom. The van der Waals surface area contributed by atoms with E-state index >= 15 is 0 Å². The molecule has 0 aliphatic carbocycles. The molecule has 4 heteroatoms. The van der Waals surface area contributed by atoms with E-state index in [4.69, 9.17) is 9.15 Å². The zero-order valence-electron chi connectivity index (χ0n) is 10.9. The maximum absolute atomic E-state index is 12.0. The standard InChI is InChI=1S/C15H17NO3/c1-11(2)9-18-8-7-16-15(17)13-10-19-14-6-4-3-5-12(13)14/h3-6,10H,1,7-9H2,2H3,(H,16,17). The zero-order valence-corrected chi connectivity index (χ0v) is 10.9. The van der Waals surface area contributed by atoms with Gasteiger partial charge in [0.15, 0.2) is 0 Å². The van der Waals surface area contributed by atoms with Crippen LogP contribution in [0.3, 0.4) is 0 Å². The lowest BCUT2D eigenvalue weighted by molar-refractivity contribution is 0.0927. The van der Waals surface area contributed by atoms with E-state index in [1.807, 2.05) is 31.2 Å². The average Bonchev–Trinajstić information content (AvgIpc) is 2.81. The molecule has 0 saturated carbocycles. The molecule has 1 N–H and O–H groups in total. The van der Waals surface area contributed by atoms with Crippen molar-refractivity contribution in [2.45, 2.75) is 6.92 Å². The van der Waals surface area contributed by atoms with E-state index < -0.39 is 0 Å². The second-order valence-electron chi connectivity index (χ2n) is 4.41. The van der Waals surface area contributed by atoms with E-state index in [-0.39, 0.29) is 5.91 Å². The monoisotopic (exact) mass is 259 g/mol. The molecule has 0 atom stereocenters. The largest absolute Gasteiger partial charge is 0.463 e. The Kier molecular flexibility index (Phi) is 4.36. The van der Waals surface area contributed by atoms with Gasteiger partial charge in [-0.2, -0.15) is 0 Å². The van der Waals surface area contributed by atoms with Crippen LogP contribution in [0.15, 0.2) is 47.1 Å². The Bertz CT molecular complexity index is 586. The normalized spacial score (nSPS) is 10.6. The summed E-state index contributed by atoms with van der Waals surface area (Å²) in [6.07, 6.45) is 1.48. The van der Waals surface area contributed by atoms with E-state index in [0.717, 1.165) is 11.0 Å². The molecule has 19 heavy (non-hydrogen) atoms. The van der Waals surface area contributed by atoms with Crippen molar-refractivity contribution in [1.29, 1.82) is 0 Å². The number of rotatable bonds is 6. The van der Waals surface area contributed by atoms with Crippen LogP contribution in [0.4, 0.5) is 0 Å². The summed E-state index contributed by atoms with van der Waals surface area (Å²) in [7, 11) is 0. The Morgan fingerprint density at radius 3 is 3.00 bits per heavy atom. The Balaban J connectivity index is 1.88. The van der Waals surface area contributed by atoms with Gasteiger partial charge in [0.1, 0.15) is 11.8 Å². The minimum absolute atomic E-state index is 0.149. The fourth-order valence-corrected chi connectivity index (χ4v) is 1.73. The molecule has 0 aliphatic heterocycles. The highest BCUT2D eigenvalue weighted by Gasteiger charge is 2.12. The van der Waals surface area contributed by atoms with Crippen molar-refractivity contribution in [3.63, 3.8) is 0 Å². The number of amides is 1. The van der Waals surface area contributed by atoms with Gasteiger partial charge in [-0.3, -0.25) is 4.79 Å². The third kappa shape index (κ3) is 3.45. The molecule has 2 rings (SSSR count). The van der Waals surface area contributed by atoms with Gasteiger partial charge in [-0.25, -0.2) is 0 Å². The molecule has 0 spiro atoms. The van der Waals surface area contributed by atoms with Crippen molar-refractivity contribution in [2.24, 2.45) is 0 Å². The average molecular weight is 259 g/mol. The van der Waals surface area contributed by atoms with Crippen LogP contribution in [0.2, 0.25) is 0 Å². The molecule has 0 radical (unpaired) electrons. The first-order valence-electron chi connectivity index (χ1n) is 6.15. The fraction of sp³-hybridized carbons (Fsp3) is 0.267. The number of benzene rings is 1. The number of carbonyl (C=O) groups excluding carboxylic acids is 1. The van der Waals surface area contributed by atoms with Crippen LogP contribution in [0, 0.1) is 0 Å². The molecule has 1 heterocycles. The van der Waals surface area contributed by atoms with Crippen LogP contribution in [-0.2, 0) is 4.74 Å². The molecule has 2 aromatic rings. The van der Waals surface area contributed by atoms with Gasteiger partial charge >= 0.3 is 0 Å². The van der Waals surface area contributed by atoms with Crippen molar-refractivity contribution < 1.29 is 13.9 Å². The third-order valence-electron chi connectivity index (χ3n) is 2.61. The van der Waals surface area contributed by atoms with Crippen molar-refractivity contribution >= 4 is 16.9 Å². The molecule has 0 saturated heterocycles. The maximum atomic E-state index is 12.0. The molecular formula is C15H17NO3. The maximum Gasteiger partial charge on any atom is 0.255 e. The lowest BCUT2D eigenvalue weighted by Gasteiger charge is -2.05. The predicted molar refractivity (Wildman–Crippen MR) is 74.2 cm³/mol. The summed E-state index contributed by atoms with van der Waals surface area (Å²) in [5, 5.41) is 3.62. The quantitative estimate of drug-likeness (QED) is 0.641. The third-order valence-corrected chi connectivity index (χ3v) is 2.61. The van der Waals surface area contributed by atoms with E-state index in [2.05, 4.69) is 11.9 Å². The number of hydrogen-bond donors (Lipinski definition) is 1. The highest BCUT2D eigenvalue weighted by atomic mass is 16.5. The molecule has 0 bridgehead atoms. The van der Waals surface area contributed by atoms with Crippen LogP contribution in [0.5, 0.6) is 0 Å². The lowest BCUT2D eigenvalue weighted by atomic mass is 10.1. The van der Waals surface area contributed by atoms with Crippen LogP contribution in [0.1, 0.15) is 17.3 Å². The highest BCUT2D eigenvalue weighted by molar-refractivity contribution is 6.05. The summed E-state index contributed by atoms with van der Waals surface area (Å²) < 4.78 is 10.6. The molecule has 1 aromatic carbocycles. The summed E-state index contributed by atoms with van der Waals surface area (Å²) in [6.45, 7) is 7.09. The molecule has 1 aromatic heterocycles. The Morgan fingerprint density at radius 1 is 1.42 bits per heavy atom. The van der Waals surface area contributed by atoms with Crippen LogP contribution >= 0.6 is 0 Å². The first-order chi connectivity index (χ1) is 9.18. The smallest absolute Gasteiger partial charge is 0.255 e. The van der Waals surface area contributed by atoms with E-state index in [0.29, 0.717) is 30.9 Å². The molecule has 1 amide bonds. The molecule has 0 aliphatic rings. The summed E-state index contributed by atoms with van der Waals surface area (Å²) in [5.41, 5.74) is 2.23. The molecular weight excluding hydrogens is 242 g/mol. The van der Waals surface area contributed by atoms with Crippen LogP contribution in [0.25, 0.3) is 11.0 Å². The summed E-state index contributed by atoms with van der Waals surface area (Å²) in [4.78, 5) is 12.0. The Labute approximate surface area is 112 Å². The van der Waals surface area contributed by atoms with Gasteiger partial charge < -0.3 is 14.5 Å². The van der Waals surface area contributed by atoms with Crippen molar-refractivity contribution in [3.05, 3.63) is 48.2 Å². The first-order valence-corrected chi connectivity index (χ1v) is 6.15. The SMILES string of the molecule is C=C(C)COCCNC(=O)c1coc2ccccc12. The molecule has 100 valence electrons. The topological polar surface area (TPSA) is 51.5 Å². The van der Waals surface area contributed by atoms with Gasteiger partial charge in [-0.1, -0.05) is 30.4 Å². The predicted octanol–water partition coefficient (Wildman–Crippen LogP) is 2.76. The van der Waals surface area contributed by atoms with Gasteiger partial charge in [-0.15, -0.1) is 0 Å². The lowest BCUT2D eigenvalue weighted by Crippen LogP contribution is -2.27. The number of para-hydroxylation sites is 1. The zero-order chi connectivity index (χ0) is 13.7. The number of hydrogen-bond acceptors (Lipinski definition) is 3. The number of carbonyl (C=O) groups is 1. The highest BCUT2D eigenvalue weighted by Crippen LogP contribution is 2.20. The molecule has 0 fully saturated rings. The molecule has 0 unspecified atom stereocenters. The van der Waals surface area contributed by atoms with Crippen molar-refractivity contribution in [1.82, 2.24) is 5.32 Å². The summed E-state index contributed by atoms with van der Waals surface area (Å²) in [6, 6.07) is 7.46. The van der Waals surface area contributed by atoms with Crippen molar-refractivity contribution in [2.75, 3.05) is 19.8 Å². The fourth-order valence-electron chi connectivity index (χ4n) is 1.73. The number of nitrogens with one attached hydrogen (secondary N) is 1. The van der Waals surface area contributed by atoms with Crippen molar-refractivity contribution in [3.8, 4) is 0 Å². The van der Waals surface area contributed by atoms with E-state index in [1.165, 1.54) is 6.26 Å². The second-order valence-corrected chi connectivity index (χ2v) is 4.41. The summed E-state index contributed by atoms with van der Waals surface area (Å²) >= 11 is 0.